The van der Waals surface area contributed by atoms with Crippen molar-refractivity contribution in [3.63, 3.8) is 0 Å². The number of halogens is 3. The maximum absolute atomic E-state index is 12.7. The number of nitriles is 1. The fraction of sp³-hybridized carbons (Fsp3) is 0.429. The number of carbonyl (C=O) groups is 1. The number of rotatable bonds is 3. The van der Waals surface area contributed by atoms with E-state index in [1.54, 1.807) is 0 Å². The first kappa shape index (κ1) is 18.2. The minimum atomic E-state index is -4.69. The second kappa shape index (κ2) is 6.41. The third kappa shape index (κ3) is 3.52. The molecule has 0 radical (unpaired) electrons. The molecule has 1 aliphatic heterocycles. The van der Waals surface area contributed by atoms with Gasteiger partial charge in [0.05, 0.1) is 21.9 Å². The molecule has 1 heterocycles. The van der Waals surface area contributed by atoms with Gasteiger partial charge in [-0.2, -0.15) is 22.7 Å². The van der Waals surface area contributed by atoms with Crippen molar-refractivity contribution >= 4 is 16.0 Å². The summed E-state index contributed by atoms with van der Waals surface area (Å²) in [6.07, 6.45) is -4.47. The molecule has 1 fully saturated rings. The summed E-state index contributed by atoms with van der Waals surface area (Å²) in [5.74, 6) is -1.67. The highest BCUT2D eigenvalue weighted by Gasteiger charge is 2.35. The molecular formula is C14H13F3N2O4S. The molecule has 1 aliphatic rings. The van der Waals surface area contributed by atoms with Crippen molar-refractivity contribution in [2.45, 2.75) is 23.9 Å². The van der Waals surface area contributed by atoms with Crippen LogP contribution in [0, 0.1) is 17.2 Å². The molecule has 0 unspecified atom stereocenters. The molecule has 130 valence electrons. The summed E-state index contributed by atoms with van der Waals surface area (Å²) in [6.45, 7) is -0.129. The lowest BCUT2D eigenvalue weighted by Gasteiger charge is -2.29. The number of aliphatic carboxylic acids is 1. The molecule has 2 rings (SSSR count). The number of piperidine rings is 1. The van der Waals surface area contributed by atoms with Crippen LogP contribution < -0.4 is 0 Å². The lowest BCUT2D eigenvalue weighted by atomic mass is 9.99. The quantitative estimate of drug-likeness (QED) is 0.887. The minimum absolute atomic E-state index is 0.0643. The van der Waals surface area contributed by atoms with E-state index in [0.29, 0.717) is 12.1 Å². The summed E-state index contributed by atoms with van der Waals surface area (Å²) in [5.41, 5.74) is -1.70. The van der Waals surface area contributed by atoms with Crippen LogP contribution in [-0.2, 0) is 21.0 Å². The summed E-state index contributed by atoms with van der Waals surface area (Å²) in [4.78, 5) is 10.4. The van der Waals surface area contributed by atoms with E-state index in [4.69, 9.17) is 10.4 Å². The van der Waals surface area contributed by atoms with Gasteiger partial charge in [0.2, 0.25) is 10.0 Å². The second-order valence-corrected chi connectivity index (χ2v) is 7.24. The van der Waals surface area contributed by atoms with E-state index in [0.717, 1.165) is 10.4 Å². The van der Waals surface area contributed by atoms with E-state index < -0.39 is 44.1 Å². The highest BCUT2D eigenvalue weighted by atomic mass is 32.2. The van der Waals surface area contributed by atoms with Crippen molar-refractivity contribution in [1.29, 1.82) is 5.26 Å². The molecule has 10 heteroatoms. The summed E-state index contributed by atoms with van der Waals surface area (Å²) in [6, 6.07) is 3.35. The maximum Gasteiger partial charge on any atom is 0.416 e. The Labute approximate surface area is 136 Å². The first-order valence-electron chi connectivity index (χ1n) is 6.91. The van der Waals surface area contributed by atoms with E-state index in [1.807, 2.05) is 0 Å². The molecule has 0 spiro atoms. The normalized spacial score (nSPS) is 17.4. The number of carboxylic acid groups (broad SMARTS) is 1. The largest absolute Gasteiger partial charge is 0.481 e. The van der Waals surface area contributed by atoms with Crippen LogP contribution in [0.2, 0.25) is 0 Å². The number of alkyl halides is 3. The summed E-state index contributed by atoms with van der Waals surface area (Å²) >= 11 is 0. The predicted molar refractivity (Wildman–Crippen MR) is 75.3 cm³/mol. The van der Waals surface area contributed by atoms with E-state index in [1.165, 1.54) is 6.07 Å². The Morgan fingerprint density at radius 2 is 1.88 bits per heavy atom. The van der Waals surface area contributed by atoms with Crippen molar-refractivity contribution in [3.05, 3.63) is 29.3 Å². The zero-order chi connectivity index (χ0) is 18.1. The summed E-state index contributed by atoms with van der Waals surface area (Å²) in [5, 5.41) is 17.9. The smallest absolute Gasteiger partial charge is 0.416 e. The molecule has 0 amide bonds. The third-order valence-corrected chi connectivity index (χ3v) is 5.81. The molecule has 1 aromatic rings. The molecule has 1 saturated heterocycles. The van der Waals surface area contributed by atoms with Gasteiger partial charge in [0.25, 0.3) is 0 Å². The standard InChI is InChI=1S/C14H13F3N2O4S/c15-14(16,17)11-1-2-12(10(7-11)8-18)24(22,23)19-5-3-9(4-6-19)13(20)21/h1-2,7,9H,3-6H2,(H,20,21). The molecular weight excluding hydrogens is 349 g/mol. The van der Waals surface area contributed by atoms with Gasteiger partial charge in [0.1, 0.15) is 6.07 Å². The van der Waals surface area contributed by atoms with Gasteiger partial charge in [-0.15, -0.1) is 0 Å². The van der Waals surface area contributed by atoms with Gasteiger partial charge >= 0.3 is 12.1 Å². The molecule has 0 aromatic heterocycles. The summed E-state index contributed by atoms with van der Waals surface area (Å²) in [7, 11) is -4.17. The highest BCUT2D eigenvalue weighted by molar-refractivity contribution is 7.89. The highest BCUT2D eigenvalue weighted by Crippen LogP contribution is 2.33. The number of carboxylic acids is 1. The molecule has 0 saturated carbocycles. The second-order valence-electron chi connectivity index (χ2n) is 5.34. The van der Waals surface area contributed by atoms with E-state index in [-0.39, 0.29) is 25.9 Å². The lowest BCUT2D eigenvalue weighted by Crippen LogP contribution is -2.40. The van der Waals surface area contributed by atoms with Crippen LogP contribution in [0.25, 0.3) is 0 Å². The first-order valence-corrected chi connectivity index (χ1v) is 8.35. The number of nitrogens with zero attached hydrogens (tertiary/aromatic N) is 2. The molecule has 1 aromatic carbocycles. The Morgan fingerprint density at radius 1 is 1.29 bits per heavy atom. The Bertz CT molecular complexity index is 791. The predicted octanol–water partition coefficient (Wildman–Crippen LogP) is 2.06. The van der Waals surface area contributed by atoms with Crippen LogP contribution in [0.4, 0.5) is 13.2 Å². The van der Waals surface area contributed by atoms with Crippen LogP contribution in [0.3, 0.4) is 0 Å². The number of hydrogen-bond acceptors (Lipinski definition) is 4. The Morgan fingerprint density at radius 3 is 2.33 bits per heavy atom. The fourth-order valence-corrected chi connectivity index (χ4v) is 4.09. The van der Waals surface area contributed by atoms with Gasteiger partial charge in [0.15, 0.2) is 0 Å². The van der Waals surface area contributed by atoms with Crippen molar-refractivity contribution in [3.8, 4) is 6.07 Å². The van der Waals surface area contributed by atoms with Crippen LogP contribution in [0.5, 0.6) is 0 Å². The molecule has 0 atom stereocenters. The van der Waals surface area contributed by atoms with Gasteiger partial charge in [0, 0.05) is 13.1 Å². The van der Waals surface area contributed by atoms with Crippen LogP contribution >= 0.6 is 0 Å². The topological polar surface area (TPSA) is 98.5 Å². The average Bonchev–Trinajstić information content (AvgIpc) is 2.53. The fourth-order valence-electron chi connectivity index (χ4n) is 2.50. The molecule has 24 heavy (non-hydrogen) atoms. The number of sulfonamides is 1. The molecule has 0 aliphatic carbocycles. The van der Waals surface area contributed by atoms with Crippen LogP contribution in [-0.4, -0.2) is 36.9 Å². The van der Waals surface area contributed by atoms with Crippen LogP contribution in [0.1, 0.15) is 24.0 Å². The van der Waals surface area contributed by atoms with Gasteiger partial charge in [-0.3, -0.25) is 4.79 Å². The van der Waals surface area contributed by atoms with Crippen molar-refractivity contribution in [2.75, 3.05) is 13.1 Å². The van der Waals surface area contributed by atoms with Gasteiger partial charge in [-0.1, -0.05) is 0 Å². The van der Waals surface area contributed by atoms with E-state index in [2.05, 4.69) is 0 Å². The maximum atomic E-state index is 12.7. The van der Waals surface area contributed by atoms with E-state index >= 15 is 0 Å². The Balaban J connectivity index is 2.34. The Kier molecular flexibility index (Phi) is 4.87. The zero-order valence-corrected chi connectivity index (χ0v) is 13.1. The van der Waals surface area contributed by atoms with E-state index in [9.17, 15) is 26.4 Å². The van der Waals surface area contributed by atoms with Gasteiger partial charge in [-0.25, -0.2) is 8.42 Å². The van der Waals surface area contributed by atoms with Crippen LogP contribution in [0.15, 0.2) is 23.1 Å². The summed E-state index contributed by atoms with van der Waals surface area (Å²) < 4.78 is 64.1. The van der Waals surface area contributed by atoms with Gasteiger partial charge < -0.3 is 5.11 Å². The Hall–Kier alpha value is -2.12. The third-order valence-electron chi connectivity index (χ3n) is 3.85. The number of hydrogen-bond donors (Lipinski definition) is 1. The zero-order valence-electron chi connectivity index (χ0n) is 12.2. The van der Waals surface area contributed by atoms with Gasteiger partial charge in [-0.05, 0) is 31.0 Å². The lowest BCUT2D eigenvalue weighted by molar-refractivity contribution is -0.143. The molecule has 1 N–H and O–H groups in total. The molecule has 0 bridgehead atoms. The average molecular weight is 362 g/mol. The van der Waals surface area contributed by atoms with Crippen molar-refractivity contribution < 1.29 is 31.5 Å². The first-order chi connectivity index (χ1) is 11.1. The number of benzene rings is 1. The molecule has 6 nitrogen and oxygen atoms in total. The van der Waals surface area contributed by atoms with Crippen molar-refractivity contribution in [1.82, 2.24) is 4.31 Å². The monoisotopic (exact) mass is 362 g/mol. The van der Waals surface area contributed by atoms with Crippen molar-refractivity contribution in [2.24, 2.45) is 5.92 Å². The SMILES string of the molecule is N#Cc1cc(C(F)(F)F)ccc1S(=O)(=O)N1CCC(C(=O)O)CC1. The minimum Gasteiger partial charge on any atom is -0.481 e.